The van der Waals surface area contributed by atoms with Crippen molar-refractivity contribution in [1.82, 2.24) is 9.88 Å². The van der Waals surface area contributed by atoms with Crippen molar-refractivity contribution in [3.8, 4) is 0 Å². The molecule has 1 saturated heterocycles. The Hall–Kier alpha value is -1.42. The van der Waals surface area contributed by atoms with Crippen LogP contribution < -0.4 is 5.73 Å². The highest BCUT2D eigenvalue weighted by Crippen LogP contribution is 2.11. The molecule has 17 heavy (non-hydrogen) atoms. The number of piperidine rings is 1. The summed E-state index contributed by atoms with van der Waals surface area (Å²) in [5, 5.41) is 0. The molecular weight excluding hydrogens is 214 g/mol. The standard InChI is InChI=1S/C13H19N3O/c14-12-5-8-16(9-6-12)13(17)4-3-11-2-1-7-15-10-11/h1-2,7,10,12H,3-6,8-9,14H2. The van der Waals surface area contributed by atoms with E-state index >= 15 is 0 Å². The topological polar surface area (TPSA) is 59.2 Å². The molecule has 2 heterocycles. The summed E-state index contributed by atoms with van der Waals surface area (Å²) >= 11 is 0. The van der Waals surface area contributed by atoms with Crippen LogP contribution in [0.15, 0.2) is 24.5 Å². The zero-order chi connectivity index (χ0) is 12.1. The van der Waals surface area contributed by atoms with Crippen LogP contribution in [0.25, 0.3) is 0 Å². The summed E-state index contributed by atoms with van der Waals surface area (Å²) in [6, 6.07) is 4.18. The van der Waals surface area contributed by atoms with Gasteiger partial charge >= 0.3 is 0 Å². The Balaban J connectivity index is 1.78. The van der Waals surface area contributed by atoms with Gasteiger partial charge < -0.3 is 10.6 Å². The smallest absolute Gasteiger partial charge is 0.222 e. The highest BCUT2D eigenvalue weighted by molar-refractivity contribution is 5.76. The molecule has 0 atom stereocenters. The molecule has 1 amide bonds. The van der Waals surface area contributed by atoms with E-state index in [-0.39, 0.29) is 11.9 Å². The van der Waals surface area contributed by atoms with E-state index in [1.165, 1.54) is 0 Å². The van der Waals surface area contributed by atoms with Gasteiger partial charge in [-0.3, -0.25) is 9.78 Å². The number of aryl methyl sites for hydroxylation is 1. The van der Waals surface area contributed by atoms with Crippen LogP contribution in [0.5, 0.6) is 0 Å². The lowest BCUT2D eigenvalue weighted by atomic mass is 10.1. The Kier molecular flexibility index (Phi) is 4.09. The third-order valence-electron chi connectivity index (χ3n) is 3.24. The monoisotopic (exact) mass is 233 g/mol. The first-order valence-electron chi connectivity index (χ1n) is 6.18. The molecule has 1 aromatic rings. The molecule has 4 heteroatoms. The number of amides is 1. The van der Waals surface area contributed by atoms with Crippen LogP contribution >= 0.6 is 0 Å². The van der Waals surface area contributed by atoms with Crippen LogP contribution in [-0.2, 0) is 11.2 Å². The second-order valence-corrected chi connectivity index (χ2v) is 4.58. The molecule has 0 radical (unpaired) electrons. The van der Waals surface area contributed by atoms with Gasteiger partial charge in [0.2, 0.25) is 5.91 Å². The van der Waals surface area contributed by atoms with Crippen molar-refractivity contribution in [2.24, 2.45) is 5.73 Å². The van der Waals surface area contributed by atoms with Crippen molar-refractivity contribution in [3.05, 3.63) is 30.1 Å². The van der Waals surface area contributed by atoms with Crippen LogP contribution in [0.2, 0.25) is 0 Å². The molecule has 4 nitrogen and oxygen atoms in total. The van der Waals surface area contributed by atoms with Gasteiger partial charge in [-0.25, -0.2) is 0 Å². The normalized spacial score (nSPS) is 17.1. The lowest BCUT2D eigenvalue weighted by molar-refractivity contribution is -0.132. The van der Waals surface area contributed by atoms with E-state index in [4.69, 9.17) is 5.73 Å². The maximum atomic E-state index is 11.9. The second-order valence-electron chi connectivity index (χ2n) is 4.58. The molecule has 0 bridgehead atoms. The van der Waals surface area contributed by atoms with Gasteiger partial charge in [-0.2, -0.15) is 0 Å². The van der Waals surface area contributed by atoms with Gasteiger partial charge in [0.15, 0.2) is 0 Å². The largest absolute Gasteiger partial charge is 0.343 e. The van der Waals surface area contributed by atoms with Crippen molar-refractivity contribution >= 4 is 5.91 Å². The van der Waals surface area contributed by atoms with E-state index in [0.29, 0.717) is 6.42 Å². The van der Waals surface area contributed by atoms with E-state index in [9.17, 15) is 4.79 Å². The number of carbonyl (C=O) groups excluding carboxylic acids is 1. The van der Waals surface area contributed by atoms with Crippen molar-refractivity contribution in [2.45, 2.75) is 31.7 Å². The van der Waals surface area contributed by atoms with Crippen molar-refractivity contribution in [3.63, 3.8) is 0 Å². The Bertz CT molecular complexity index is 358. The van der Waals surface area contributed by atoms with E-state index in [1.54, 1.807) is 6.20 Å². The van der Waals surface area contributed by atoms with E-state index < -0.39 is 0 Å². The minimum atomic E-state index is 0.237. The summed E-state index contributed by atoms with van der Waals surface area (Å²) in [4.78, 5) is 17.9. The Morgan fingerprint density at radius 2 is 2.24 bits per heavy atom. The molecule has 1 fully saturated rings. The van der Waals surface area contributed by atoms with Crippen LogP contribution in [0.3, 0.4) is 0 Å². The van der Waals surface area contributed by atoms with E-state index in [2.05, 4.69) is 4.98 Å². The molecule has 2 N–H and O–H groups in total. The third kappa shape index (κ3) is 3.53. The summed E-state index contributed by atoms with van der Waals surface area (Å²) in [7, 11) is 0. The number of pyridine rings is 1. The predicted octanol–water partition coefficient (Wildman–Crippen LogP) is 0.964. The Morgan fingerprint density at radius 3 is 2.88 bits per heavy atom. The Labute approximate surface area is 102 Å². The fraction of sp³-hybridized carbons (Fsp3) is 0.538. The van der Waals surface area contributed by atoms with Gasteiger partial charge in [-0.1, -0.05) is 6.07 Å². The van der Waals surface area contributed by atoms with Gasteiger partial charge in [0.05, 0.1) is 0 Å². The number of nitrogens with two attached hydrogens (primary N) is 1. The van der Waals surface area contributed by atoms with Crippen molar-refractivity contribution in [1.29, 1.82) is 0 Å². The fourth-order valence-corrected chi connectivity index (χ4v) is 2.10. The highest BCUT2D eigenvalue weighted by atomic mass is 16.2. The predicted molar refractivity (Wildman–Crippen MR) is 66.3 cm³/mol. The lowest BCUT2D eigenvalue weighted by Crippen LogP contribution is -2.42. The molecule has 1 aliphatic heterocycles. The number of rotatable bonds is 3. The quantitative estimate of drug-likeness (QED) is 0.846. The first kappa shape index (κ1) is 12.0. The van der Waals surface area contributed by atoms with Crippen molar-refractivity contribution < 1.29 is 4.79 Å². The van der Waals surface area contributed by atoms with Crippen LogP contribution in [0, 0.1) is 0 Å². The number of carbonyl (C=O) groups is 1. The summed E-state index contributed by atoms with van der Waals surface area (Å²) in [5.74, 6) is 0.237. The number of nitrogens with zero attached hydrogens (tertiary/aromatic N) is 2. The van der Waals surface area contributed by atoms with Crippen LogP contribution in [0.1, 0.15) is 24.8 Å². The molecule has 0 unspecified atom stereocenters. The number of hydrogen-bond donors (Lipinski definition) is 1. The zero-order valence-corrected chi connectivity index (χ0v) is 10.0. The summed E-state index contributed by atoms with van der Waals surface area (Å²) in [5.41, 5.74) is 6.94. The summed E-state index contributed by atoms with van der Waals surface area (Å²) < 4.78 is 0. The number of aromatic nitrogens is 1. The van der Waals surface area contributed by atoms with Crippen LogP contribution in [0.4, 0.5) is 0 Å². The van der Waals surface area contributed by atoms with E-state index in [0.717, 1.165) is 37.9 Å². The molecule has 0 aliphatic carbocycles. The average molecular weight is 233 g/mol. The first-order valence-corrected chi connectivity index (χ1v) is 6.18. The van der Waals surface area contributed by atoms with Crippen molar-refractivity contribution in [2.75, 3.05) is 13.1 Å². The molecule has 1 aromatic heterocycles. The molecule has 0 aromatic carbocycles. The summed E-state index contributed by atoms with van der Waals surface area (Å²) in [6.45, 7) is 1.63. The second kappa shape index (κ2) is 5.77. The SMILES string of the molecule is NC1CCN(C(=O)CCc2cccnc2)CC1. The lowest BCUT2D eigenvalue weighted by Gasteiger charge is -2.30. The molecular formula is C13H19N3O. The molecule has 1 aliphatic rings. The van der Waals surface area contributed by atoms with Gasteiger partial charge in [0, 0.05) is 37.9 Å². The molecule has 0 saturated carbocycles. The maximum absolute atomic E-state index is 11.9. The summed E-state index contributed by atoms with van der Waals surface area (Å²) in [6.07, 6.45) is 6.77. The third-order valence-corrected chi connectivity index (χ3v) is 3.24. The first-order chi connectivity index (χ1) is 8.25. The zero-order valence-electron chi connectivity index (χ0n) is 10.0. The molecule has 2 rings (SSSR count). The minimum absolute atomic E-state index is 0.237. The van der Waals surface area contributed by atoms with Crippen LogP contribution in [-0.4, -0.2) is 34.9 Å². The fourth-order valence-electron chi connectivity index (χ4n) is 2.10. The number of likely N-dealkylation sites (tertiary alicyclic amines) is 1. The minimum Gasteiger partial charge on any atom is -0.343 e. The van der Waals surface area contributed by atoms with Gasteiger partial charge in [-0.15, -0.1) is 0 Å². The number of hydrogen-bond acceptors (Lipinski definition) is 3. The Morgan fingerprint density at radius 1 is 1.47 bits per heavy atom. The highest BCUT2D eigenvalue weighted by Gasteiger charge is 2.19. The average Bonchev–Trinajstić information content (AvgIpc) is 2.38. The van der Waals surface area contributed by atoms with E-state index in [1.807, 2.05) is 23.2 Å². The van der Waals surface area contributed by atoms with Gasteiger partial charge in [-0.05, 0) is 30.9 Å². The maximum Gasteiger partial charge on any atom is 0.222 e. The van der Waals surface area contributed by atoms with Gasteiger partial charge in [0.1, 0.15) is 0 Å². The van der Waals surface area contributed by atoms with Gasteiger partial charge in [0.25, 0.3) is 0 Å². The molecule has 0 spiro atoms. The molecule has 92 valence electrons.